The number of benzene rings is 1. The van der Waals surface area contributed by atoms with Crippen LogP contribution in [0.25, 0.3) is 0 Å². The smallest absolute Gasteiger partial charge is 0.289 e. The maximum Gasteiger partial charge on any atom is 0.289 e. The molecular weight excluding hydrogens is 320 g/mol. The third-order valence-electron chi connectivity index (χ3n) is 4.42. The molecule has 1 aromatic heterocycles. The van der Waals surface area contributed by atoms with Crippen LogP contribution >= 0.6 is 0 Å². The number of para-hydroxylation sites is 1. The third kappa shape index (κ3) is 3.58. The van der Waals surface area contributed by atoms with Gasteiger partial charge >= 0.3 is 0 Å². The number of aliphatic hydroxyl groups is 1. The van der Waals surface area contributed by atoms with Gasteiger partial charge in [0.2, 0.25) is 5.91 Å². The van der Waals surface area contributed by atoms with Crippen LogP contribution in [-0.4, -0.2) is 41.5 Å². The van der Waals surface area contributed by atoms with Crippen molar-refractivity contribution in [2.45, 2.75) is 32.4 Å². The monoisotopic (exact) mass is 342 g/mol. The van der Waals surface area contributed by atoms with E-state index in [9.17, 15) is 14.7 Å². The average molecular weight is 342 g/mol. The second-order valence-electron chi connectivity index (χ2n) is 6.42. The molecule has 25 heavy (non-hydrogen) atoms. The van der Waals surface area contributed by atoms with Crippen molar-refractivity contribution in [3.8, 4) is 0 Å². The van der Waals surface area contributed by atoms with E-state index in [-0.39, 0.29) is 17.6 Å². The number of rotatable bonds is 6. The summed E-state index contributed by atoms with van der Waals surface area (Å²) < 4.78 is 5.40. The minimum atomic E-state index is -0.468. The summed E-state index contributed by atoms with van der Waals surface area (Å²) >= 11 is 0. The molecule has 3 rings (SSSR count). The lowest BCUT2D eigenvalue weighted by molar-refractivity contribution is -0.117. The van der Waals surface area contributed by atoms with Gasteiger partial charge in [0.1, 0.15) is 0 Å². The van der Waals surface area contributed by atoms with Crippen LogP contribution in [-0.2, 0) is 17.8 Å². The number of carbonyl (C=O) groups is 2. The molecule has 0 spiro atoms. The first kappa shape index (κ1) is 17.2. The Balaban J connectivity index is 1.76. The Bertz CT molecular complexity index is 781. The second kappa shape index (κ2) is 7.11. The van der Waals surface area contributed by atoms with Crippen molar-refractivity contribution in [2.24, 2.45) is 0 Å². The maximum atomic E-state index is 12.6. The van der Waals surface area contributed by atoms with Crippen LogP contribution in [0.15, 0.2) is 41.0 Å². The van der Waals surface area contributed by atoms with Gasteiger partial charge in [0.15, 0.2) is 5.76 Å². The largest absolute Gasteiger partial charge is 0.459 e. The van der Waals surface area contributed by atoms with E-state index in [2.05, 4.69) is 0 Å². The number of hydrogen-bond acceptors (Lipinski definition) is 4. The second-order valence-corrected chi connectivity index (χ2v) is 6.42. The molecular formula is C19H22N2O4. The number of furan rings is 1. The van der Waals surface area contributed by atoms with Crippen molar-refractivity contribution < 1.29 is 19.1 Å². The van der Waals surface area contributed by atoms with Gasteiger partial charge in [-0.05, 0) is 31.0 Å². The zero-order chi connectivity index (χ0) is 18.0. The van der Waals surface area contributed by atoms with Crippen LogP contribution in [0.3, 0.4) is 0 Å². The maximum absolute atomic E-state index is 12.6. The van der Waals surface area contributed by atoms with Crippen LogP contribution in [0.1, 0.15) is 35.0 Å². The number of anilines is 1. The molecule has 2 amide bonds. The van der Waals surface area contributed by atoms with Gasteiger partial charge in [-0.15, -0.1) is 0 Å². The minimum absolute atomic E-state index is 0.0169. The van der Waals surface area contributed by atoms with Crippen LogP contribution in [0.4, 0.5) is 5.69 Å². The van der Waals surface area contributed by atoms with E-state index in [1.54, 1.807) is 24.9 Å². The highest BCUT2D eigenvalue weighted by Crippen LogP contribution is 2.30. The summed E-state index contributed by atoms with van der Waals surface area (Å²) in [5.74, 6) is 0.00844. The van der Waals surface area contributed by atoms with Crippen LogP contribution in [0, 0.1) is 0 Å². The Morgan fingerprint density at radius 1 is 1.36 bits per heavy atom. The number of fused-ring (bicyclic) bond motifs is 1. The highest BCUT2D eigenvalue weighted by Gasteiger charge is 2.29. The van der Waals surface area contributed by atoms with Crippen molar-refractivity contribution in [3.63, 3.8) is 0 Å². The van der Waals surface area contributed by atoms with Crippen molar-refractivity contribution >= 4 is 17.5 Å². The molecule has 6 nitrogen and oxygen atoms in total. The van der Waals surface area contributed by atoms with Crippen LogP contribution < -0.4 is 4.90 Å². The van der Waals surface area contributed by atoms with E-state index in [0.29, 0.717) is 31.5 Å². The molecule has 1 aliphatic heterocycles. The van der Waals surface area contributed by atoms with E-state index in [1.807, 2.05) is 24.3 Å². The van der Waals surface area contributed by atoms with Gasteiger partial charge in [0, 0.05) is 24.8 Å². The highest BCUT2D eigenvalue weighted by molar-refractivity contribution is 6.01. The first-order valence-corrected chi connectivity index (χ1v) is 8.35. The number of carbonyl (C=O) groups excluding carboxylic acids is 2. The number of nitrogens with zero attached hydrogens (tertiary/aromatic N) is 2. The summed E-state index contributed by atoms with van der Waals surface area (Å²) in [7, 11) is 1.67. The molecule has 2 heterocycles. The lowest BCUT2D eigenvalue weighted by Gasteiger charge is -2.20. The fourth-order valence-electron chi connectivity index (χ4n) is 2.96. The van der Waals surface area contributed by atoms with Gasteiger partial charge in [-0.3, -0.25) is 9.59 Å². The van der Waals surface area contributed by atoms with Crippen molar-refractivity contribution in [2.75, 3.05) is 18.5 Å². The lowest BCUT2D eigenvalue weighted by atomic mass is 10.1. The minimum Gasteiger partial charge on any atom is -0.459 e. The first-order valence-electron chi connectivity index (χ1n) is 8.35. The molecule has 0 bridgehead atoms. The van der Waals surface area contributed by atoms with Crippen LogP contribution in [0.2, 0.25) is 0 Å². The van der Waals surface area contributed by atoms with Crippen molar-refractivity contribution in [1.82, 2.24) is 4.90 Å². The molecule has 1 atom stereocenters. The molecule has 0 fully saturated rings. The normalized spacial score (nSPS) is 14.5. The zero-order valence-electron chi connectivity index (χ0n) is 14.4. The summed E-state index contributed by atoms with van der Waals surface area (Å²) in [5.41, 5.74) is 2.56. The predicted molar refractivity (Wildman–Crippen MR) is 93.3 cm³/mol. The molecule has 1 N–H and O–H groups in total. The lowest BCUT2D eigenvalue weighted by Crippen LogP contribution is -2.31. The summed E-state index contributed by atoms with van der Waals surface area (Å²) in [4.78, 5) is 28.1. The molecule has 1 unspecified atom stereocenters. The van der Waals surface area contributed by atoms with Crippen molar-refractivity contribution in [3.05, 3.63) is 53.5 Å². The number of amides is 2. The SMILES string of the molecule is CC(O)CCN(C)C(=O)c1occc1CN1C(=O)Cc2ccccc21. The molecule has 0 radical (unpaired) electrons. The van der Waals surface area contributed by atoms with E-state index in [4.69, 9.17) is 4.42 Å². The quantitative estimate of drug-likeness (QED) is 0.873. The van der Waals surface area contributed by atoms with Gasteiger partial charge in [0.05, 0.1) is 25.3 Å². The summed E-state index contributed by atoms with van der Waals surface area (Å²) in [6, 6.07) is 9.40. The summed E-state index contributed by atoms with van der Waals surface area (Å²) in [5, 5.41) is 9.37. The van der Waals surface area contributed by atoms with E-state index < -0.39 is 6.10 Å². The highest BCUT2D eigenvalue weighted by atomic mass is 16.3. The topological polar surface area (TPSA) is 74.0 Å². The molecule has 1 aliphatic rings. The molecule has 1 aromatic carbocycles. The third-order valence-corrected chi connectivity index (χ3v) is 4.42. The van der Waals surface area contributed by atoms with Gasteiger partial charge in [0.25, 0.3) is 5.91 Å². The Kier molecular flexibility index (Phi) is 4.90. The molecule has 0 saturated carbocycles. The van der Waals surface area contributed by atoms with E-state index >= 15 is 0 Å². The van der Waals surface area contributed by atoms with Gasteiger partial charge in [-0.2, -0.15) is 0 Å². The fourth-order valence-corrected chi connectivity index (χ4v) is 2.96. The summed E-state index contributed by atoms with van der Waals surface area (Å²) in [6.07, 6.45) is 1.88. The van der Waals surface area contributed by atoms with Crippen LogP contribution in [0.5, 0.6) is 0 Å². The summed E-state index contributed by atoms with van der Waals surface area (Å²) in [6.45, 7) is 2.42. The van der Waals surface area contributed by atoms with Gasteiger partial charge in [-0.1, -0.05) is 18.2 Å². The zero-order valence-corrected chi connectivity index (χ0v) is 14.4. The Labute approximate surface area is 146 Å². The average Bonchev–Trinajstić information content (AvgIpc) is 3.17. The fraction of sp³-hybridized carbons (Fsp3) is 0.368. The number of aliphatic hydroxyl groups excluding tert-OH is 1. The Morgan fingerprint density at radius 3 is 2.88 bits per heavy atom. The van der Waals surface area contributed by atoms with Gasteiger partial charge in [-0.25, -0.2) is 0 Å². The van der Waals surface area contributed by atoms with Crippen molar-refractivity contribution in [1.29, 1.82) is 0 Å². The van der Waals surface area contributed by atoms with Gasteiger partial charge < -0.3 is 19.3 Å². The van der Waals surface area contributed by atoms with E-state index in [1.165, 1.54) is 11.2 Å². The molecule has 6 heteroatoms. The standard InChI is InChI=1S/C19H22N2O4/c1-13(22)7-9-20(2)19(24)18-15(8-10-25-18)12-21-16-6-4-3-5-14(16)11-17(21)23/h3-6,8,10,13,22H,7,9,11-12H2,1-2H3. The van der Waals surface area contributed by atoms with E-state index in [0.717, 1.165) is 11.3 Å². The first-order chi connectivity index (χ1) is 12.0. The predicted octanol–water partition coefficient (Wildman–Crippen LogP) is 2.21. The molecule has 0 saturated heterocycles. The Hall–Kier alpha value is -2.60. The molecule has 132 valence electrons. The molecule has 2 aromatic rings. The number of hydrogen-bond donors (Lipinski definition) is 1. The Morgan fingerprint density at radius 2 is 2.12 bits per heavy atom. The molecule has 0 aliphatic carbocycles.